The first-order valence-corrected chi connectivity index (χ1v) is 6.34. The number of ether oxygens (including phenoxy) is 1. The van der Waals surface area contributed by atoms with Crippen molar-refractivity contribution in [2.45, 2.75) is 6.92 Å². The highest BCUT2D eigenvalue weighted by atomic mass is 35.5. The zero-order valence-corrected chi connectivity index (χ0v) is 12.3. The quantitative estimate of drug-likeness (QED) is 0.676. The molecule has 22 heavy (non-hydrogen) atoms. The highest BCUT2D eigenvalue weighted by Crippen LogP contribution is 2.32. The third-order valence-corrected chi connectivity index (χ3v) is 3.36. The van der Waals surface area contributed by atoms with Crippen LogP contribution in [-0.4, -0.2) is 18.1 Å². The average Bonchev–Trinajstić information content (AvgIpc) is 2.47. The van der Waals surface area contributed by atoms with Crippen LogP contribution in [0.15, 0.2) is 12.1 Å². The van der Waals surface area contributed by atoms with Crippen molar-refractivity contribution < 1.29 is 22.7 Å². The van der Waals surface area contributed by atoms with E-state index in [0.717, 1.165) is 19.2 Å². The molecule has 0 amide bonds. The molecule has 0 spiro atoms. The second-order valence-electron chi connectivity index (χ2n) is 4.43. The van der Waals surface area contributed by atoms with Crippen molar-refractivity contribution in [3.8, 4) is 11.3 Å². The van der Waals surface area contributed by atoms with Gasteiger partial charge in [0.2, 0.25) is 0 Å². The Labute approximate surface area is 128 Å². The van der Waals surface area contributed by atoms with Crippen molar-refractivity contribution in [1.29, 1.82) is 0 Å². The second kappa shape index (κ2) is 5.84. The van der Waals surface area contributed by atoms with Crippen LogP contribution in [-0.2, 0) is 4.74 Å². The maximum Gasteiger partial charge on any atom is 0.358 e. The van der Waals surface area contributed by atoms with Gasteiger partial charge in [-0.2, -0.15) is 0 Å². The van der Waals surface area contributed by atoms with Crippen LogP contribution in [0.5, 0.6) is 0 Å². The summed E-state index contributed by atoms with van der Waals surface area (Å²) in [6.45, 7) is 1.22. The Morgan fingerprint density at radius 1 is 1.27 bits per heavy atom. The van der Waals surface area contributed by atoms with Gasteiger partial charge >= 0.3 is 5.97 Å². The zero-order valence-electron chi connectivity index (χ0n) is 11.5. The van der Waals surface area contributed by atoms with Gasteiger partial charge < -0.3 is 10.5 Å². The van der Waals surface area contributed by atoms with Gasteiger partial charge in [0.25, 0.3) is 0 Å². The van der Waals surface area contributed by atoms with E-state index in [1.165, 1.54) is 6.92 Å². The van der Waals surface area contributed by atoms with Crippen LogP contribution in [0, 0.1) is 24.4 Å². The Balaban J connectivity index is 2.77. The van der Waals surface area contributed by atoms with Crippen LogP contribution >= 0.6 is 11.6 Å². The summed E-state index contributed by atoms with van der Waals surface area (Å²) >= 11 is 5.81. The number of hydrogen-bond acceptors (Lipinski definition) is 4. The summed E-state index contributed by atoms with van der Waals surface area (Å²) < 4.78 is 46.1. The summed E-state index contributed by atoms with van der Waals surface area (Å²) in [5.74, 6) is -4.62. The number of pyridine rings is 1. The van der Waals surface area contributed by atoms with E-state index < -0.39 is 34.7 Å². The number of nitrogens with two attached hydrogens (primary N) is 1. The molecule has 8 heteroatoms. The molecule has 0 bridgehead atoms. The number of carbonyl (C=O) groups is 1. The molecule has 1 heterocycles. The molecule has 0 atom stereocenters. The molecule has 2 rings (SSSR count). The summed E-state index contributed by atoms with van der Waals surface area (Å²) in [7, 11) is 1.08. The minimum atomic E-state index is -1.43. The summed E-state index contributed by atoms with van der Waals surface area (Å²) in [4.78, 5) is 15.3. The number of esters is 1. The molecule has 116 valence electrons. The molecule has 0 saturated heterocycles. The maximum absolute atomic E-state index is 14.0. The number of anilines is 1. The SMILES string of the molecule is COC(=O)c1nc(-c2c(F)cc(C)c(F)c2F)cc(N)c1Cl. The number of aryl methyl sites for hydroxylation is 1. The number of benzene rings is 1. The van der Waals surface area contributed by atoms with Gasteiger partial charge in [-0.15, -0.1) is 0 Å². The number of rotatable bonds is 2. The van der Waals surface area contributed by atoms with Crippen LogP contribution in [0.3, 0.4) is 0 Å². The second-order valence-corrected chi connectivity index (χ2v) is 4.81. The zero-order chi connectivity index (χ0) is 16.6. The molecule has 0 radical (unpaired) electrons. The van der Waals surface area contributed by atoms with E-state index in [9.17, 15) is 18.0 Å². The molecule has 0 fully saturated rings. The Bertz CT molecular complexity index is 781. The molecule has 0 saturated carbocycles. The highest BCUT2D eigenvalue weighted by molar-refractivity contribution is 6.35. The van der Waals surface area contributed by atoms with Gasteiger partial charge in [-0.3, -0.25) is 0 Å². The van der Waals surface area contributed by atoms with E-state index in [-0.39, 0.29) is 22.0 Å². The number of nitrogens with zero attached hydrogens (tertiary/aromatic N) is 1. The van der Waals surface area contributed by atoms with Gasteiger partial charge in [0.1, 0.15) is 5.82 Å². The molecule has 0 aliphatic carbocycles. The molecule has 0 aliphatic heterocycles. The molecule has 2 aromatic rings. The maximum atomic E-state index is 14.0. The third kappa shape index (κ3) is 2.59. The fourth-order valence-electron chi connectivity index (χ4n) is 1.86. The fraction of sp³-hybridized carbons (Fsp3) is 0.143. The van der Waals surface area contributed by atoms with Crippen LogP contribution < -0.4 is 5.73 Å². The standard InChI is InChI=1S/C14H10ClF3N2O2/c1-5-3-6(16)9(12(18)11(5)17)8-4-7(19)10(15)13(20-8)14(21)22-2/h3-4H,1-2H3,(H2,19,20). The molecule has 0 unspecified atom stereocenters. The lowest BCUT2D eigenvalue weighted by Gasteiger charge is -2.11. The van der Waals surface area contributed by atoms with E-state index in [2.05, 4.69) is 9.72 Å². The Kier molecular flexibility index (Phi) is 4.27. The number of aromatic nitrogens is 1. The summed E-state index contributed by atoms with van der Waals surface area (Å²) in [5, 5.41) is -0.219. The Morgan fingerprint density at radius 3 is 2.50 bits per heavy atom. The van der Waals surface area contributed by atoms with Gasteiger partial charge in [-0.25, -0.2) is 22.9 Å². The molecule has 1 aromatic carbocycles. The van der Waals surface area contributed by atoms with Crippen molar-refractivity contribution in [2.75, 3.05) is 12.8 Å². The van der Waals surface area contributed by atoms with Crippen molar-refractivity contribution in [3.63, 3.8) is 0 Å². The molecule has 2 N–H and O–H groups in total. The van der Waals surface area contributed by atoms with E-state index in [0.29, 0.717) is 0 Å². The number of halogens is 4. The summed E-state index contributed by atoms with van der Waals surface area (Å²) in [6, 6.07) is 1.86. The van der Waals surface area contributed by atoms with Crippen LogP contribution in [0.2, 0.25) is 5.02 Å². The van der Waals surface area contributed by atoms with Gasteiger partial charge in [-0.05, 0) is 24.6 Å². The van der Waals surface area contributed by atoms with Crippen molar-refractivity contribution in [2.24, 2.45) is 0 Å². The largest absolute Gasteiger partial charge is 0.464 e. The molecular weight excluding hydrogens is 321 g/mol. The first kappa shape index (κ1) is 16.1. The molecule has 0 aliphatic rings. The van der Waals surface area contributed by atoms with E-state index >= 15 is 0 Å². The fourth-order valence-corrected chi connectivity index (χ4v) is 2.03. The lowest BCUT2D eigenvalue weighted by molar-refractivity contribution is 0.0594. The summed E-state index contributed by atoms with van der Waals surface area (Å²) in [5.41, 5.74) is 3.73. The van der Waals surface area contributed by atoms with E-state index in [1.54, 1.807) is 0 Å². The van der Waals surface area contributed by atoms with Gasteiger partial charge in [0.05, 0.1) is 29.1 Å². The monoisotopic (exact) mass is 330 g/mol. The van der Waals surface area contributed by atoms with Crippen molar-refractivity contribution >= 4 is 23.3 Å². The Morgan fingerprint density at radius 2 is 1.91 bits per heavy atom. The van der Waals surface area contributed by atoms with Crippen LogP contribution in [0.25, 0.3) is 11.3 Å². The highest BCUT2D eigenvalue weighted by Gasteiger charge is 2.23. The predicted molar refractivity (Wildman–Crippen MR) is 75.0 cm³/mol. The minimum absolute atomic E-state index is 0.146. The molecule has 4 nitrogen and oxygen atoms in total. The lowest BCUT2D eigenvalue weighted by atomic mass is 10.1. The number of carbonyl (C=O) groups excluding carboxylic acids is 1. The van der Waals surface area contributed by atoms with Crippen LogP contribution in [0.1, 0.15) is 16.1 Å². The normalized spacial score (nSPS) is 10.6. The average molecular weight is 331 g/mol. The predicted octanol–water partition coefficient (Wildman–Crippen LogP) is 3.50. The molecule has 1 aromatic heterocycles. The minimum Gasteiger partial charge on any atom is -0.464 e. The third-order valence-electron chi connectivity index (χ3n) is 2.96. The number of nitrogen functional groups attached to an aromatic ring is 1. The summed E-state index contributed by atoms with van der Waals surface area (Å²) in [6.07, 6.45) is 0. The van der Waals surface area contributed by atoms with Crippen molar-refractivity contribution in [1.82, 2.24) is 4.98 Å². The van der Waals surface area contributed by atoms with E-state index in [1.807, 2.05) is 0 Å². The lowest BCUT2D eigenvalue weighted by Crippen LogP contribution is -2.09. The topological polar surface area (TPSA) is 65.2 Å². The molecular formula is C14H10ClF3N2O2. The smallest absolute Gasteiger partial charge is 0.358 e. The number of methoxy groups -OCH3 is 1. The number of hydrogen-bond donors (Lipinski definition) is 1. The van der Waals surface area contributed by atoms with Crippen molar-refractivity contribution in [3.05, 3.63) is 45.9 Å². The van der Waals surface area contributed by atoms with Gasteiger partial charge in [0.15, 0.2) is 17.3 Å². The van der Waals surface area contributed by atoms with Gasteiger partial charge in [-0.1, -0.05) is 11.6 Å². The first-order valence-electron chi connectivity index (χ1n) is 5.96. The van der Waals surface area contributed by atoms with Crippen LogP contribution in [0.4, 0.5) is 18.9 Å². The van der Waals surface area contributed by atoms with E-state index in [4.69, 9.17) is 17.3 Å². The Hall–Kier alpha value is -2.28. The van der Waals surface area contributed by atoms with Gasteiger partial charge in [0, 0.05) is 0 Å². The first-order chi connectivity index (χ1) is 10.3.